The fraction of sp³-hybridized carbons (Fsp3) is 0.480. The van der Waals surface area contributed by atoms with E-state index < -0.39 is 0 Å². The summed E-state index contributed by atoms with van der Waals surface area (Å²) < 4.78 is 0. The van der Waals surface area contributed by atoms with E-state index >= 15 is 0 Å². The Morgan fingerprint density at radius 1 is 0.393 bits per heavy atom. The van der Waals surface area contributed by atoms with Crippen molar-refractivity contribution in [3.05, 3.63) is 130 Å². The average Bonchev–Trinajstić information content (AvgIpc) is 3.86. The molecule has 0 atom stereocenters. The number of anilines is 2. The van der Waals surface area contributed by atoms with E-state index in [1.165, 1.54) is 44.8 Å². The quantitative estimate of drug-likeness (QED) is 0.169. The molecule has 6 rings (SSSR count). The van der Waals surface area contributed by atoms with Gasteiger partial charge in [0.25, 0.3) is 0 Å². The van der Waals surface area contributed by atoms with E-state index in [0.717, 1.165) is 64.0 Å². The van der Waals surface area contributed by atoms with Crippen LogP contribution in [0, 0.1) is 0 Å². The van der Waals surface area contributed by atoms with Crippen LogP contribution in [0.2, 0.25) is 0 Å². The maximum atomic E-state index is 4.61. The van der Waals surface area contributed by atoms with Gasteiger partial charge in [-0.3, -0.25) is 9.98 Å². The van der Waals surface area contributed by atoms with Crippen molar-refractivity contribution in [3.63, 3.8) is 0 Å². The van der Waals surface area contributed by atoms with Crippen LogP contribution in [-0.2, 0) is 34.7 Å². The van der Waals surface area contributed by atoms with Crippen LogP contribution in [0.15, 0.2) is 107 Å². The first kappa shape index (κ1) is 42.6. The summed E-state index contributed by atoms with van der Waals surface area (Å²) in [6.45, 7) is 34.1. The summed E-state index contributed by atoms with van der Waals surface area (Å²) >= 11 is 0. The van der Waals surface area contributed by atoms with Gasteiger partial charge in [-0.25, -0.2) is 0 Å². The molecule has 56 heavy (non-hydrogen) atoms. The highest BCUT2D eigenvalue weighted by atomic mass is 15.2. The monoisotopic (exact) mass is 755 g/mol. The van der Waals surface area contributed by atoms with Crippen molar-refractivity contribution in [1.82, 2.24) is 10.6 Å². The summed E-state index contributed by atoms with van der Waals surface area (Å²) in [5.41, 5.74) is 11.3. The summed E-state index contributed by atoms with van der Waals surface area (Å²) in [6, 6.07) is 36.2. The number of nitrogens with zero attached hydrogens (tertiary/aromatic N) is 4. The maximum absolute atomic E-state index is 4.61. The van der Waals surface area contributed by atoms with Gasteiger partial charge in [0.05, 0.1) is 26.2 Å². The second-order valence-electron chi connectivity index (χ2n) is 19.7. The predicted molar refractivity (Wildman–Crippen MR) is 243 cm³/mol. The summed E-state index contributed by atoms with van der Waals surface area (Å²) in [6.07, 6.45) is 0. The minimum atomic E-state index is 0.170. The van der Waals surface area contributed by atoms with Gasteiger partial charge in [-0.1, -0.05) is 156 Å². The Hall–Kier alpha value is -4.58. The lowest BCUT2D eigenvalue weighted by molar-refractivity contribution is 0.589. The molecule has 0 amide bonds. The van der Waals surface area contributed by atoms with Gasteiger partial charge in [-0.2, -0.15) is 0 Å². The van der Waals surface area contributed by atoms with Crippen molar-refractivity contribution in [1.29, 1.82) is 0 Å². The highest BCUT2D eigenvalue weighted by Gasteiger charge is 2.20. The van der Waals surface area contributed by atoms with Crippen LogP contribution >= 0.6 is 0 Å². The Kier molecular flexibility index (Phi) is 13.4. The summed E-state index contributed by atoms with van der Waals surface area (Å²) in [5, 5.41) is 6.83. The molecule has 0 fully saturated rings. The zero-order valence-corrected chi connectivity index (χ0v) is 36.7. The zero-order chi connectivity index (χ0) is 40.7. The first-order valence-electron chi connectivity index (χ1n) is 20.7. The molecule has 0 unspecified atom stereocenters. The van der Waals surface area contributed by atoms with E-state index in [4.69, 9.17) is 0 Å². The third-order valence-corrected chi connectivity index (χ3v) is 10.8. The molecule has 2 N–H and O–H groups in total. The smallest absolute Gasteiger partial charge is 0.116 e. The molecule has 0 spiro atoms. The lowest BCUT2D eigenvalue weighted by atomic mass is 9.86. The molecule has 0 radical (unpaired) electrons. The Morgan fingerprint density at radius 3 is 0.893 bits per heavy atom. The Morgan fingerprint density at radius 2 is 0.661 bits per heavy atom. The third-order valence-electron chi connectivity index (χ3n) is 10.8. The third kappa shape index (κ3) is 12.2. The van der Waals surface area contributed by atoms with Gasteiger partial charge >= 0.3 is 0 Å². The van der Waals surface area contributed by atoms with E-state index in [1.54, 1.807) is 0 Å². The second kappa shape index (κ2) is 17.7. The number of hydrogen-bond donors (Lipinski definition) is 2. The minimum absolute atomic E-state index is 0.170. The van der Waals surface area contributed by atoms with Gasteiger partial charge < -0.3 is 20.4 Å². The van der Waals surface area contributed by atoms with Gasteiger partial charge in [-0.05, 0) is 79.3 Å². The normalized spacial score (nSPS) is 14.6. The Balaban J connectivity index is 0.000000214. The molecule has 0 saturated heterocycles. The zero-order valence-electron chi connectivity index (χ0n) is 36.7. The van der Waals surface area contributed by atoms with Crippen molar-refractivity contribution in [2.75, 3.05) is 49.1 Å². The van der Waals surface area contributed by atoms with Gasteiger partial charge in [0.1, 0.15) is 11.7 Å². The molecule has 2 aliphatic heterocycles. The molecule has 0 aliphatic carbocycles. The van der Waals surface area contributed by atoms with E-state index in [-0.39, 0.29) is 21.7 Å². The van der Waals surface area contributed by atoms with Crippen LogP contribution in [-0.4, -0.2) is 50.9 Å². The van der Waals surface area contributed by atoms with Crippen LogP contribution in [0.4, 0.5) is 11.4 Å². The maximum Gasteiger partial charge on any atom is 0.116 e. The van der Waals surface area contributed by atoms with Crippen molar-refractivity contribution < 1.29 is 0 Å². The summed E-state index contributed by atoms with van der Waals surface area (Å²) in [5.74, 6) is 2.18. The van der Waals surface area contributed by atoms with Crippen LogP contribution in [0.5, 0.6) is 0 Å². The largest absolute Gasteiger partial charge is 0.370 e. The van der Waals surface area contributed by atoms with Gasteiger partial charge in [0.2, 0.25) is 0 Å². The fourth-order valence-electron chi connectivity index (χ4n) is 6.95. The lowest BCUT2D eigenvalue weighted by Crippen LogP contribution is -2.35. The number of rotatable bonds is 10. The molecule has 4 aromatic rings. The Labute approximate surface area is 339 Å². The standard InChI is InChI=1S/2C25H35N3/c2*1-24(2,3)20-9-7-19(8-10-20)17-28(18-23-26-15-16-27-23)22-13-11-21(12-14-22)25(4,5)6/h2*7-14H,15-18H2,1-6H3,(H,26,27). The van der Waals surface area contributed by atoms with E-state index in [0.29, 0.717) is 0 Å². The molecule has 0 aromatic heterocycles. The fourth-order valence-corrected chi connectivity index (χ4v) is 6.95. The minimum Gasteiger partial charge on any atom is -0.370 e. The molecular weight excluding hydrogens is 685 g/mol. The first-order valence-corrected chi connectivity index (χ1v) is 20.7. The molecule has 300 valence electrons. The Bertz CT molecular complexity index is 1750. The number of aliphatic imine (C=N–C) groups is 2. The van der Waals surface area contributed by atoms with Crippen molar-refractivity contribution in [2.24, 2.45) is 9.98 Å². The van der Waals surface area contributed by atoms with Gasteiger partial charge in [-0.15, -0.1) is 0 Å². The number of hydrogen-bond acceptors (Lipinski definition) is 6. The topological polar surface area (TPSA) is 55.3 Å². The van der Waals surface area contributed by atoms with Crippen LogP contribution in [0.3, 0.4) is 0 Å². The van der Waals surface area contributed by atoms with E-state index in [9.17, 15) is 0 Å². The summed E-state index contributed by atoms with van der Waals surface area (Å²) in [7, 11) is 0. The average molecular weight is 755 g/mol. The number of benzene rings is 4. The number of amidine groups is 2. The van der Waals surface area contributed by atoms with Crippen molar-refractivity contribution >= 4 is 23.0 Å². The highest BCUT2D eigenvalue weighted by Crippen LogP contribution is 2.29. The van der Waals surface area contributed by atoms with Gasteiger partial charge in [0.15, 0.2) is 0 Å². The van der Waals surface area contributed by atoms with Gasteiger partial charge in [0, 0.05) is 37.6 Å². The lowest BCUT2D eigenvalue weighted by Gasteiger charge is -2.27. The van der Waals surface area contributed by atoms with E-state index in [2.05, 4.69) is 211 Å². The van der Waals surface area contributed by atoms with E-state index in [1.807, 2.05) is 0 Å². The van der Waals surface area contributed by atoms with Crippen LogP contribution in [0.1, 0.15) is 116 Å². The molecule has 6 nitrogen and oxygen atoms in total. The molecule has 6 heteroatoms. The molecule has 2 aliphatic rings. The molecule has 0 bridgehead atoms. The second-order valence-corrected chi connectivity index (χ2v) is 19.7. The molecule has 4 aromatic carbocycles. The first-order chi connectivity index (χ1) is 26.3. The highest BCUT2D eigenvalue weighted by molar-refractivity contribution is 5.88. The molecule has 2 heterocycles. The van der Waals surface area contributed by atoms with Crippen molar-refractivity contribution in [3.8, 4) is 0 Å². The summed E-state index contributed by atoms with van der Waals surface area (Å²) in [4.78, 5) is 14.0. The SMILES string of the molecule is CC(C)(C)c1ccc(CN(CC2=NCCN2)c2ccc(C(C)(C)C)cc2)cc1.CC(C)(C)c1ccc(CN(CC2=NCCN2)c2ccc(C(C)(C)C)cc2)cc1. The van der Waals surface area contributed by atoms with Crippen LogP contribution in [0.25, 0.3) is 0 Å². The molecular formula is C50H70N6. The number of nitrogens with one attached hydrogen (secondary N) is 2. The predicted octanol–water partition coefficient (Wildman–Crippen LogP) is 10.6. The van der Waals surface area contributed by atoms with Crippen molar-refractivity contribution in [2.45, 2.75) is 118 Å². The molecule has 0 saturated carbocycles. The van der Waals surface area contributed by atoms with Crippen LogP contribution < -0.4 is 20.4 Å².